The first-order valence-electron chi connectivity index (χ1n) is 10.3. The van der Waals surface area contributed by atoms with Crippen LogP contribution in [0.3, 0.4) is 0 Å². The fourth-order valence-corrected chi connectivity index (χ4v) is 4.18. The number of sulfonamides is 1. The van der Waals surface area contributed by atoms with Gasteiger partial charge in [-0.3, -0.25) is 25.5 Å². The second-order valence-electron chi connectivity index (χ2n) is 8.59. The average Bonchev–Trinajstić information content (AvgIpc) is 3.27. The van der Waals surface area contributed by atoms with E-state index >= 15 is 0 Å². The summed E-state index contributed by atoms with van der Waals surface area (Å²) in [4.78, 5) is 24.7. The molecule has 0 bridgehead atoms. The van der Waals surface area contributed by atoms with Gasteiger partial charge in [0, 0.05) is 5.56 Å². The number of hydrazine groups is 1. The van der Waals surface area contributed by atoms with Gasteiger partial charge in [-0.2, -0.15) is 9.82 Å². The lowest BCUT2D eigenvalue weighted by molar-refractivity contribution is -0.123. The van der Waals surface area contributed by atoms with Crippen molar-refractivity contribution in [3.63, 3.8) is 0 Å². The van der Waals surface area contributed by atoms with Gasteiger partial charge >= 0.3 is 0 Å². The van der Waals surface area contributed by atoms with Crippen LogP contribution in [0, 0.1) is 0 Å². The van der Waals surface area contributed by atoms with Crippen molar-refractivity contribution in [3.8, 4) is 11.3 Å². The minimum absolute atomic E-state index is 0.0464. The summed E-state index contributed by atoms with van der Waals surface area (Å²) in [5.41, 5.74) is 6.89. The van der Waals surface area contributed by atoms with Crippen molar-refractivity contribution in [2.45, 2.75) is 44.0 Å². The number of carbonyl (C=O) groups is 2. The zero-order valence-corrected chi connectivity index (χ0v) is 19.7. The van der Waals surface area contributed by atoms with E-state index in [1.807, 2.05) is 51.1 Å². The van der Waals surface area contributed by atoms with E-state index in [1.165, 1.54) is 19.1 Å². The number of rotatable bonds is 6. The second-order valence-corrected chi connectivity index (χ2v) is 10.3. The Hall–Kier alpha value is -3.50. The topological polar surface area (TPSA) is 133 Å². The van der Waals surface area contributed by atoms with Gasteiger partial charge in [0.2, 0.25) is 10.0 Å². The molecule has 1 unspecified atom stereocenters. The SMILES string of the molecule is CC(NS(=O)(=O)c1ccc(C(C)(C)C)cc1)C(=O)NNC(=O)c1cc(-c2ccccc2)n[nH]1. The van der Waals surface area contributed by atoms with Crippen LogP contribution in [-0.2, 0) is 20.2 Å². The molecule has 0 radical (unpaired) electrons. The van der Waals surface area contributed by atoms with Crippen LogP contribution in [0.15, 0.2) is 65.6 Å². The van der Waals surface area contributed by atoms with Gasteiger partial charge in [0.25, 0.3) is 11.8 Å². The lowest BCUT2D eigenvalue weighted by Gasteiger charge is -2.19. The van der Waals surface area contributed by atoms with E-state index in [0.29, 0.717) is 5.69 Å². The smallest absolute Gasteiger partial charge is 0.272 e. The van der Waals surface area contributed by atoms with Crippen molar-refractivity contribution in [1.82, 2.24) is 25.8 Å². The van der Waals surface area contributed by atoms with Crippen LogP contribution < -0.4 is 15.6 Å². The van der Waals surface area contributed by atoms with Gasteiger partial charge in [-0.15, -0.1) is 0 Å². The van der Waals surface area contributed by atoms with Gasteiger partial charge in [-0.1, -0.05) is 63.2 Å². The van der Waals surface area contributed by atoms with E-state index in [-0.39, 0.29) is 16.0 Å². The number of benzene rings is 2. The Labute approximate surface area is 193 Å². The summed E-state index contributed by atoms with van der Waals surface area (Å²) >= 11 is 0. The van der Waals surface area contributed by atoms with Crippen LogP contribution in [0.4, 0.5) is 0 Å². The second kappa shape index (κ2) is 9.55. The third-order valence-corrected chi connectivity index (χ3v) is 6.50. The number of carbonyl (C=O) groups excluding carboxylic acids is 2. The van der Waals surface area contributed by atoms with E-state index in [2.05, 4.69) is 25.8 Å². The first kappa shape index (κ1) is 24.1. The number of aromatic nitrogens is 2. The molecule has 0 saturated heterocycles. The maximum absolute atomic E-state index is 12.6. The molecule has 2 aromatic carbocycles. The maximum Gasteiger partial charge on any atom is 0.287 e. The summed E-state index contributed by atoms with van der Waals surface area (Å²) < 4.78 is 27.5. The summed E-state index contributed by atoms with van der Waals surface area (Å²) in [5, 5.41) is 6.69. The lowest BCUT2D eigenvalue weighted by atomic mass is 9.87. The van der Waals surface area contributed by atoms with Gasteiger partial charge in [-0.05, 0) is 36.1 Å². The summed E-state index contributed by atoms with van der Waals surface area (Å²) in [7, 11) is -3.92. The molecule has 0 fully saturated rings. The number of aromatic amines is 1. The van der Waals surface area contributed by atoms with Crippen LogP contribution in [0.5, 0.6) is 0 Å². The fourth-order valence-electron chi connectivity index (χ4n) is 2.98. The monoisotopic (exact) mass is 469 g/mol. The highest BCUT2D eigenvalue weighted by molar-refractivity contribution is 7.89. The third kappa shape index (κ3) is 6.05. The Bertz CT molecular complexity index is 1230. The number of hydrogen-bond donors (Lipinski definition) is 4. The van der Waals surface area contributed by atoms with Crippen LogP contribution in [-0.4, -0.2) is 36.5 Å². The summed E-state index contributed by atoms with van der Waals surface area (Å²) in [5.74, 6) is -1.34. The molecular weight excluding hydrogens is 442 g/mol. The molecule has 2 amide bonds. The predicted octanol–water partition coefficient (Wildman–Crippen LogP) is 2.50. The van der Waals surface area contributed by atoms with Gasteiger partial charge < -0.3 is 0 Å². The van der Waals surface area contributed by atoms with Crippen molar-refractivity contribution < 1.29 is 18.0 Å². The first-order chi connectivity index (χ1) is 15.5. The molecule has 3 aromatic rings. The highest BCUT2D eigenvalue weighted by Crippen LogP contribution is 2.23. The minimum atomic E-state index is -3.92. The quantitative estimate of drug-likeness (QED) is 0.412. The Morgan fingerprint density at radius 2 is 1.61 bits per heavy atom. The molecule has 10 heteroatoms. The molecule has 0 saturated carbocycles. The largest absolute Gasteiger partial charge is 0.287 e. The highest BCUT2D eigenvalue weighted by Gasteiger charge is 2.23. The molecular formula is C23H27N5O4S. The molecule has 0 aliphatic carbocycles. The molecule has 1 aromatic heterocycles. The number of H-pyrrole nitrogens is 1. The van der Waals surface area contributed by atoms with Crippen molar-refractivity contribution in [1.29, 1.82) is 0 Å². The molecule has 1 atom stereocenters. The summed E-state index contributed by atoms with van der Waals surface area (Å²) in [6.45, 7) is 7.47. The number of amides is 2. The Kier molecular flexibility index (Phi) is 6.99. The number of nitrogens with one attached hydrogen (secondary N) is 4. The van der Waals surface area contributed by atoms with Gasteiger partial charge in [0.1, 0.15) is 5.69 Å². The molecule has 0 aliphatic heterocycles. The van der Waals surface area contributed by atoms with Crippen LogP contribution in [0.25, 0.3) is 11.3 Å². The van der Waals surface area contributed by atoms with E-state index in [4.69, 9.17) is 0 Å². The fraction of sp³-hybridized carbons (Fsp3) is 0.261. The molecule has 33 heavy (non-hydrogen) atoms. The molecule has 4 N–H and O–H groups in total. The van der Waals surface area contributed by atoms with Crippen LogP contribution in [0.1, 0.15) is 43.7 Å². The highest BCUT2D eigenvalue weighted by atomic mass is 32.2. The Balaban J connectivity index is 1.57. The van der Waals surface area contributed by atoms with E-state index in [1.54, 1.807) is 18.2 Å². The standard InChI is InChI=1S/C23H27N5O4S/c1-15(28-33(31,32)18-12-10-17(11-13-18)23(2,3)4)21(29)26-27-22(30)20-14-19(24-25-20)16-8-6-5-7-9-16/h5-15,28H,1-4H3,(H,24,25)(H,26,29)(H,27,30). The zero-order valence-electron chi connectivity index (χ0n) is 18.8. The van der Waals surface area contributed by atoms with Crippen molar-refractivity contribution in [2.75, 3.05) is 0 Å². The molecule has 1 heterocycles. The minimum Gasteiger partial charge on any atom is -0.272 e. The van der Waals surface area contributed by atoms with E-state index in [9.17, 15) is 18.0 Å². The Morgan fingerprint density at radius 1 is 0.970 bits per heavy atom. The molecule has 0 spiro atoms. The van der Waals surface area contributed by atoms with Gasteiger partial charge in [-0.25, -0.2) is 8.42 Å². The van der Waals surface area contributed by atoms with Crippen LogP contribution >= 0.6 is 0 Å². The lowest BCUT2D eigenvalue weighted by Crippen LogP contribution is -2.51. The van der Waals surface area contributed by atoms with E-state index in [0.717, 1.165) is 11.1 Å². The van der Waals surface area contributed by atoms with Gasteiger partial charge in [0.15, 0.2) is 0 Å². The Morgan fingerprint density at radius 3 is 2.21 bits per heavy atom. The van der Waals surface area contributed by atoms with Crippen molar-refractivity contribution >= 4 is 21.8 Å². The van der Waals surface area contributed by atoms with E-state index < -0.39 is 27.9 Å². The van der Waals surface area contributed by atoms with Crippen LogP contribution in [0.2, 0.25) is 0 Å². The van der Waals surface area contributed by atoms with Crippen molar-refractivity contribution in [2.24, 2.45) is 0 Å². The summed E-state index contributed by atoms with van der Waals surface area (Å²) in [6.07, 6.45) is 0. The molecule has 9 nitrogen and oxygen atoms in total. The zero-order chi connectivity index (χ0) is 24.2. The predicted molar refractivity (Wildman–Crippen MR) is 125 cm³/mol. The number of hydrogen-bond acceptors (Lipinski definition) is 5. The normalized spacial score (nSPS) is 12.7. The summed E-state index contributed by atoms with van der Waals surface area (Å²) in [6, 6.07) is 16.2. The number of nitrogens with zero attached hydrogens (tertiary/aromatic N) is 1. The van der Waals surface area contributed by atoms with Crippen molar-refractivity contribution in [3.05, 3.63) is 71.9 Å². The molecule has 0 aliphatic rings. The molecule has 174 valence electrons. The first-order valence-corrected chi connectivity index (χ1v) is 11.8. The molecule has 3 rings (SSSR count). The third-order valence-electron chi connectivity index (χ3n) is 4.95. The average molecular weight is 470 g/mol. The maximum atomic E-state index is 12.6. The van der Waals surface area contributed by atoms with Gasteiger partial charge in [0.05, 0.1) is 16.6 Å².